The summed E-state index contributed by atoms with van der Waals surface area (Å²) >= 11 is 0. The highest BCUT2D eigenvalue weighted by atomic mass is 16.2. The molecule has 4 nitrogen and oxygen atoms in total. The SMILES string of the molecule is CN1C(=O)Cc2cc(CCNCC3(C#N)CC3)ccc21. The summed E-state index contributed by atoms with van der Waals surface area (Å²) in [5, 5.41) is 12.4. The Bertz CT molecular complexity index is 584. The number of carbonyl (C=O) groups is 1. The molecule has 0 aromatic heterocycles. The van der Waals surface area contributed by atoms with Crippen molar-refractivity contribution in [2.45, 2.75) is 25.7 Å². The molecule has 1 aliphatic carbocycles. The minimum absolute atomic E-state index is 0.0763. The highest BCUT2D eigenvalue weighted by Gasteiger charge is 2.42. The van der Waals surface area contributed by atoms with Crippen molar-refractivity contribution in [3.05, 3.63) is 29.3 Å². The number of anilines is 1. The summed E-state index contributed by atoms with van der Waals surface area (Å²) in [5.41, 5.74) is 3.34. The summed E-state index contributed by atoms with van der Waals surface area (Å²) in [5.74, 6) is 0.167. The summed E-state index contributed by atoms with van der Waals surface area (Å²) in [6.07, 6.45) is 3.52. The number of amides is 1. The van der Waals surface area contributed by atoms with E-state index in [1.54, 1.807) is 4.90 Å². The van der Waals surface area contributed by atoms with Crippen LogP contribution in [0.1, 0.15) is 24.0 Å². The Morgan fingerprint density at radius 2 is 2.25 bits per heavy atom. The average Bonchev–Trinajstić information content (AvgIpc) is 3.18. The third-order valence-corrected chi connectivity index (χ3v) is 4.37. The zero-order valence-corrected chi connectivity index (χ0v) is 11.8. The largest absolute Gasteiger partial charge is 0.315 e. The van der Waals surface area contributed by atoms with Crippen molar-refractivity contribution in [2.24, 2.45) is 5.41 Å². The first-order valence-electron chi connectivity index (χ1n) is 7.14. The zero-order valence-electron chi connectivity index (χ0n) is 11.8. The second-order valence-corrected chi connectivity index (χ2v) is 5.91. The molecule has 1 amide bonds. The van der Waals surface area contributed by atoms with E-state index >= 15 is 0 Å². The van der Waals surface area contributed by atoms with Crippen LogP contribution in [0.15, 0.2) is 18.2 Å². The number of hydrogen-bond acceptors (Lipinski definition) is 3. The van der Waals surface area contributed by atoms with Gasteiger partial charge in [-0.3, -0.25) is 4.79 Å². The first-order chi connectivity index (χ1) is 9.63. The molecule has 1 saturated carbocycles. The molecule has 4 heteroatoms. The number of fused-ring (bicyclic) bond motifs is 1. The van der Waals surface area contributed by atoms with Crippen molar-refractivity contribution in [2.75, 3.05) is 25.0 Å². The van der Waals surface area contributed by atoms with Gasteiger partial charge in [0.05, 0.1) is 17.9 Å². The Morgan fingerprint density at radius 1 is 1.45 bits per heavy atom. The molecule has 1 heterocycles. The van der Waals surface area contributed by atoms with Crippen LogP contribution in [0.25, 0.3) is 0 Å². The Kier molecular flexibility index (Phi) is 3.23. The van der Waals surface area contributed by atoms with E-state index in [0.717, 1.165) is 43.6 Å². The van der Waals surface area contributed by atoms with Crippen LogP contribution in [0.5, 0.6) is 0 Å². The van der Waals surface area contributed by atoms with Gasteiger partial charge in [0, 0.05) is 19.3 Å². The summed E-state index contributed by atoms with van der Waals surface area (Å²) < 4.78 is 0. The van der Waals surface area contributed by atoms with Crippen LogP contribution in [0.3, 0.4) is 0 Å². The van der Waals surface area contributed by atoms with Crippen LogP contribution in [0, 0.1) is 16.7 Å². The maximum Gasteiger partial charge on any atom is 0.231 e. The second-order valence-electron chi connectivity index (χ2n) is 5.91. The minimum Gasteiger partial charge on any atom is -0.315 e. The molecule has 0 radical (unpaired) electrons. The van der Waals surface area contributed by atoms with Gasteiger partial charge in [0.2, 0.25) is 5.91 Å². The maximum absolute atomic E-state index is 11.6. The normalized spacial score (nSPS) is 18.8. The van der Waals surface area contributed by atoms with E-state index in [0.29, 0.717) is 6.42 Å². The molecule has 0 atom stereocenters. The summed E-state index contributed by atoms with van der Waals surface area (Å²) in [6, 6.07) is 8.65. The lowest BCUT2D eigenvalue weighted by atomic mass is 10.1. The van der Waals surface area contributed by atoms with Crippen LogP contribution in [-0.4, -0.2) is 26.0 Å². The van der Waals surface area contributed by atoms with Crippen molar-refractivity contribution < 1.29 is 4.79 Å². The third kappa shape index (κ3) is 2.41. The highest BCUT2D eigenvalue weighted by Crippen LogP contribution is 2.43. The Balaban J connectivity index is 1.53. The minimum atomic E-state index is -0.0763. The number of rotatable bonds is 5. The Hall–Kier alpha value is -1.86. The molecule has 2 aliphatic rings. The van der Waals surface area contributed by atoms with Gasteiger partial charge in [-0.05, 0) is 43.0 Å². The molecule has 1 fully saturated rings. The van der Waals surface area contributed by atoms with Crippen LogP contribution in [-0.2, 0) is 17.6 Å². The van der Waals surface area contributed by atoms with E-state index in [2.05, 4.69) is 23.5 Å². The maximum atomic E-state index is 11.6. The number of nitriles is 1. The van der Waals surface area contributed by atoms with Crippen LogP contribution < -0.4 is 10.2 Å². The van der Waals surface area contributed by atoms with Gasteiger partial charge < -0.3 is 10.2 Å². The summed E-state index contributed by atoms with van der Waals surface area (Å²) in [6.45, 7) is 1.68. The zero-order chi connectivity index (χ0) is 14.2. The smallest absolute Gasteiger partial charge is 0.231 e. The molecule has 1 aliphatic heterocycles. The summed E-state index contributed by atoms with van der Waals surface area (Å²) in [7, 11) is 1.83. The van der Waals surface area contributed by atoms with E-state index in [9.17, 15) is 4.79 Å². The molecule has 1 aromatic rings. The van der Waals surface area contributed by atoms with Crippen molar-refractivity contribution >= 4 is 11.6 Å². The lowest BCUT2D eigenvalue weighted by Gasteiger charge is -2.11. The van der Waals surface area contributed by atoms with E-state index in [-0.39, 0.29) is 11.3 Å². The molecule has 3 rings (SSSR count). The molecule has 20 heavy (non-hydrogen) atoms. The lowest BCUT2D eigenvalue weighted by molar-refractivity contribution is -0.117. The van der Waals surface area contributed by atoms with E-state index in [1.165, 1.54) is 5.56 Å². The number of likely N-dealkylation sites (N-methyl/N-ethyl adjacent to an activating group) is 1. The fourth-order valence-corrected chi connectivity index (χ4v) is 2.72. The fraction of sp³-hybridized carbons (Fsp3) is 0.500. The molecule has 104 valence electrons. The quantitative estimate of drug-likeness (QED) is 0.827. The average molecular weight is 269 g/mol. The first kappa shape index (κ1) is 13.1. The molecule has 0 spiro atoms. The van der Waals surface area contributed by atoms with Crippen LogP contribution in [0.4, 0.5) is 5.69 Å². The monoisotopic (exact) mass is 269 g/mol. The Labute approximate surface area is 119 Å². The number of carbonyl (C=O) groups excluding carboxylic acids is 1. The van der Waals surface area contributed by atoms with Crippen molar-refractivity contribution in [3.8, 4) is 6.07 Å². The molecule has 0 bridgehead atoms. The topological polar surface area (TPSA) is 56.1 Å². The van der Waals surface area contributed by atoms with Crippen molar-refractivity contribution in [3.63, 3.8) is 0 Å². The second kappa shape index (κ2) is 4.92. The molecular weight excluding hydrogens is 250 g/mol. The number of nitrogens with zero attached hydrogens (tertiary/aromatic N) is 2. The molecule has 1 aromatic carbocycles. The molecular formula is C16H19N3O. The van der Waals surface area contributed by atoms with Gasteiger partial charge in [-0.25, -0.2) is 0 Å². The van der Waals surface area contributed by atoms with E-state index in [1.807, 2.05) is 13.1 Å². The molecule has 0 unspecified atom stereocenters. The standard InChI is InChI=1S/C16H19N3O/c1-19-14-3-2-12(8-13(14)9-15(19)20)4-7-18-11-16(10-17)5-6-16/h2-3,8,18H,4-7,9,11H2,1H3. The number of nitrogens with one attached hydrogen (secondary N) is 1. The fourth-order valence-electron chi connectivity index (χ4n) is 2.72. The van der Waals surface area contributed by atoms with E-state index in [4.69, 9.17) is 5.26 Å². The van der Waals surface area contributed by atoms with Gasteiger partial charge in [0.15, 0.2) is 0 Å². The van der Waals surface area contributed by atoms with Gasteiger partial charge >= 0.3 is 0 Å². The van der Waals surface area contributed by atoms with Gasteiger partial charge in [-0.1, -0.05) is 12.1 Å². The predicted octanol–water partition coefficient (Wildman–Crippen LogP) is 1.64. The van der Waals surface area contributed by atoms with Gasteiger partial charge in [-0.2, -0.15) is 5.26 Å². The highest BCUT2D eigenvalue weighted by molar-refractivity contribution is 6.00. The molecule has 1 N–H and O–H groups in total. The lowest BCUT2D eigenvalue weighted by Crippen LogP contribution is -2.25. The predicted molar refractivity (Wildman–Crippen MR) is 77.4 cm³/mol. The van der Waals surface area contributed by atoms with Crippen molar-refractivity contribution in [1.29, 1.82) is 5.26 Å². The van der Waals surface area contributed by atoms with Gasteiger partial charge in [0.25, 0.3) is 0 Å². The number of hydrogen-bond donors (Lipinski definition) is 1. The van der Waals surface area contributed by atoms with Gasteiger partial charge in [0.1, 0.15) is 0 Å². The van der Waals surface area contributed by atoms with Crippen LogP contribution >= 0.6 is 0 Å². The first-order valence-corrected chi connectivity index (χ1v) is 7.14. The Morgan fingerprint density at radius 3 is 2.95 bits per heavy atom. The van der Waals surface area contributed by atoms with E-state index < -0.39 is 0 Å². The summed E-state index contributed by atoms with van der Waals surface area (Å²) in [4.78, 5) is 13.4. The third-order valence-electron chi connectivity index (χ3n) is 4.37. The molecule has 0 saturated heterocycles. The van der Waals surface area contributed by atoms with Crippen LogP contribution in [0.2, 0.25) is 0 Å². The van der Waals surface area contributed by atoms with Crippen molar-refractivity contribution in [1.82, 2.24) is 5.32 Å². The number of benzene rings is 1. The van der Waals surface area contributed by atoms with Gasteiger partial charge in [-0.15, -0.1) is 0 Å².